The Hall–Kier alpha value is -1.47. The van der Waals surface area contributed by atoms with Crippen LogP contribution >= 0.6 is 23.6 Å². The van der Waals surface area contributed by atoms with Gasteiger partial charge in [0.2, 0.25) is 0 Å². The molecule has 0 aliphatic heterocycles. The van der Waals surface area contributed by atoms with Crippen molar-refractivity contribution in [3.63, 3.8) is 0 Å². The molecule has 0 spiro atoms. The highest BCUT2D eigenvalue weighted by Gasteiger charge is 2.20. The van der Waals surface area contributed by atoms with Gasteiger partial charge in [0.05, 0.1) is 12.1 Å². The number of ether oxygens (including phenoxy) is 1. The Labute approximate surface area is 112 Å². The van der Waals surface area contributed by atoms with Crippen LogP contribution in [-0.2, 0) is 9.53 Å². The maximum atomic E-state index is 12.2. The summed E-state index contributed by atoms with van der Waals surface area (Å²) < 4.78 is 6.95. The molecular weight excluding hydrogens is 272 g/mol. The number of esters is 1. The van der Waals surface area contributed by atoms with Crippen LogP contribution in [0.4, 0.5) is 0 Å². The van der Waals surface area contributed by atoms with Gasteiger partial charge in [0.1, 0.15) is 10.7 Å². The van der Waals surface area contributed by atoms with E-state index in [0.29, 0.717) is 10.2 Å². The SMILES string of the molecule is CCOC(=O)C(C)n1c(=S)[nH]c2ccsc2c1=O. The van der Waals surface area contributed by atoms with Crippen molar-refractivity contribution >= 4 is 39.7 Å². The van der Waals surface area contributed by atoms with Crippen molar-refractivity contribution in [1.29, 1.82) is 0 Å². The van der Waals surface area contributed by atoms with Crippen molar-refractivity contribution in [1.82, 2.24) is 9.55 Å². The third kappa shape index (κ3) is 2.11. The number of rotatable bonds is 3. The normalized spacial score (nSPS) is 12.6. The summed E-state index contributed by atoms with van der Waals surface area (Å²) in [7, 11) is 0. The second-order valence-electron chi connectivity index (χ2n) is 3.70. The fourth-order valence-corrected chi connectivity index (χ4v) is 2.81. The van der Waals surface area contributed by atoms with Crippen LogP contribution in [0.3, 0.4) is 0 Å². The summed E-state index contributed by atoms with van der Waals surface area (Å²) in [6.07, 6.45) is 0. The molecule has 2 rings (SSSR count). The molecule has 1 unspecified atom stereocenters. The molecule has 0 saturated heterocycles. The van der Waals surface area contributed by atoms with Crippen LogP contribution in [-0.4, -0.2) is 22.1 Å². The lowest BCUT2D eigenvalue weighted by Crippen LogP contribution is -2.30. The van der Waals surface area contributed by atoms with Crippen molar-refractivity contribution < 1.29 is 9.53 Å². The maximum Gasteiger partial charge on any atom is 0.329 e. The van der Waals surface area contributed by atoms with Crippen LogP contribution in [0.2, 0.25) is 0 Å². The fraction of sp³-hybridized carbons (Fsp3) is 0.364. The lowest BCUT2D eigenvalue weighted by atomic mass is 10.3. The molecule has 1 atom stereocenters. The molecule has 1 N–H and O–H groups in total. The van der Waals surface area contributed by atoms with E-state index in [9.17, 15) is 9.59 Å². The molecule has 2 aromatic heterocycles. The minimum absolute atomic E-state index is 0.228. The average Bonchev–Trinajstić information content (AvgIpc) is 2.77. The summed E-state index contributed by atoms with van der Waals surface area (Å²) in [5.41, 5.74) is 0.437. The predicted octanol–water partition coefficient (Wildman–Crippen LogP) is 2.24. The summed E-state index contributed by atoms with van der Waals surface area (Å²) in [4.78, 5) is 26.9. The standard InChI is InChI=1S/C11H12N2O3S2/c1-3-16-10(15)6(2)13-9(14)8-7(4-5-18-8)12-11(13)17/h4-6H,3H2,1-2H3,(H,12,17). The van der Waals surface area contributed by atoms with Crippen molar-refractivity contribution in [2.45, 2.75) is 19.9 Å². The predicted molar refractivity (Wildman–Crippen MR) is 72.6 cm³/mol. The number of fused-ring (bicyclic) bond motifs is 1. The lowest BCUT2D eigenvalue weighted by molar-refractivity contribution is -0.146. The van der Waals surface area contributed by atoms with Gasteiger partial charge in [0.15, 0.2) is 4.77 Å². The number of hydrogen-bond acceptors (Lipinski definition) is 5. The molecule has 2 heterocycles. The summed E-state index contributed by atoms with van der Waals surface area (Å²) in [5.74, 6) is -0.463. The van der Waals surface area contributed by atoms with Gasteiger partial charge >= 0.3 is 5.97 Å². The summed E-state index contributed by atoms with van der Waals surface area (Å²) in [6, 6.07) is 1.06. The molecule has 0 fully saturated rings. The Bertz CT molecular complexity index is 698. The molecule has 0 saturated carbocycles. The quantitative estimate of drug-likeness (QED) is 0.693. The highest BCUT2D eigenvalue weighted by atomic mass is 32.1. The largest absolute Gasteiger partial charge is 0.464 e. The Kier molecular flexibility index (Phi) is 3.63. The Balaban J connectivity index is 2.60. The highest BCUT2D eigenvalue weighted by Crippen LogP contribution is 2.16. The zero-order valence-electron chi connectivity index (χ0n) is 9.93. The summed E-state index contributed by atoms with van der Waals surface area (Å²) in [6.45, 7) is 3.59. The molecule has 0 aliphatic carbocycles. The first-order chi connectivity index (χ1) is 8.56. The first-order valence-electron chi connectivity index (χ1n) is 5.45. The Morgan fingerprint density at radius 2 is 2.39 bits per heavy atom. The van der Waals surface area contributed by atoms with Gasteiger partial charge in [-0.3, -0.25) is 9.36 Å². The van der Waals surface area contributed by atoms with Gasteiger partial charge in [-0.15, -0.1) is 11.3 Å². The second-order valence-corrected chi connectivity index (χ2v) is 5.00. The summed E-state index contributed by atoms with van der Waals surface area (Å²) >= 11 is 6.43. The molecular formula is C11H12N2O3S2. The molecule has 7 heteroatoms. The zero-order valence-corrected chi connectivity index (χ0v) is 11.6. The van der Waals surface area contributed by atoms with Crippen LogP contribution in [0, 0.1) is 4.77 Å². The van der Waals surface area contributed by atoms with Gasteiger partial charge in [0.25, 0.3) is 5.56 Å². The van der Waals surface area contributed by atoms with Crippen LogP contribution in [0.1, 0.15) is 19.9 Å². The van der Waals surface area contributed by atoms with Crippen LogP contribution in [0.15, 0.2) is 16.2 Å². The number of H-pyrrole nitrogens is 1. The molecule has 2 aromatic rings. The van der Waals surface area contributed by atoms with E-state index in [1.165, 1.54) is 15.9 Å². The van der Waals surface area contributed by atoms with Crippen molar-refractivity contribution in [2.75, 3.05) is 6.61 Å². The van der Waals surface area contributed by atoms with Crippen molar-refractivity contribution in [3.8, 4) is 0 Å². The van der Waals surface area contributed by atoms with E-state index in [0.717, 1.165) is 0 Å². The van der Waals surface area contributed by atoms with Gasteiger partial charge in [-0.2, -0.15) is 0 Å². The van der Waals surface area contributed by atoms with E-state index in [1.807, 2.05) is 0 Å². The first kappa shape index (κ1) is 13.0. The molecule has 0 radical (unpaired) electrons. The minimum Gasteiger partial charge on any atom is -0.464 e. The Morgan fingerprint density at radius 1 is 1.67 bits per heavy atom. The van der Waals surface area contributed by atoms with Gasteiger partial charge in [-0.25, -0.2) is 4.79 Å². The third-order valence-corrected chi connectivity index (χ3v) is 3.75. The lowest BCUT2D eigenvalue weighted by Gasteiger charge is -2.13. The monoisotopic (exact) mass is 284 g/mol. The average molecular weight is 284 g/mol. The number of carbonyl (C=O) groups excluding carboxylic acids is 1. The number of aromatic nitrogens is 2. The molecule has 0 aliphatic rings. The molecule has 96 valence electrons. The first-order valence-corrected chi connectivity index (χ1v) is 6.73. The molecule has 0 amide bonds. The van der Waals surface area contributed by atoms with E-state index >= 15 is 0 Å². The molecule has 0 aromatic carbocycles. The molecule has 0 bridgehead atoms. The topological polar surface area (TPSA) is 64.1 Å². The van der Waals surface area contributed by atoms with Crippen LogP contribution in [0.25, 0.3) is 10.2 Å². The van der Waals surface area contributed by atoms with Gasteiger partial charge < -0.3 is 9.72 Å². The zero-order chi connectivity index (χ0) is 13.3. The van der Waals surface area contributed by atoms with E-state index in [4.69, 9.17) is 17.0 Å². The van der Waals surface area contributed by atoms with E-state index in [2.05, 4.69) is 4.98 Å². The number of carbonyl (C=O) groups is 1. The van der Waals surface area contributed by atoms with Gasteiger partial charge in [0, 0.05) is 0 Å². The number of hydrogen-bond donors (Lipinski definition) is 1. The van der Waals surface area contributed by atoms with Gasteiger partial charge in [-0.05, 0) is 37.5 Å². The van der Waals surface area contributed by atoms with E-state index in [-0.39, 0.29) is 16.9 Å². The number of nitrogens with one attached hydrogen (secondary N) is 1. The van der Waals surface area contributed by atoms with Gasteiger partial charge in [-0.1, -0.05) is 0 Å². The molecule has 18 heavy (non-hydrogen) atoms. The highest BCUT2D eigenvalue weighted by molar-refractivity contribution is 7.71. The third-order valence-electron chi connectivity index (χ3n) is 2.55. The Morgan fingerprint density at radius 3 is 3.06 bits per heavy atom. The number of nitrogens with zero attached hydrogens (tertiary/aromatic N) is 1. The smallest absolute Gasteiger partial charge is 0.329 e. The minimum atomic E-state index is -0.729. The second kappa shape index (κ2) is 5.03. The van der Waals surface area contributed by atoms with Crippen molar-refractivity contribution in [2.24, 2.45) is 0 Å². The van der Waals surface area contributed by atoms with Crippen molar-refractivity contribution in [3.05, 3.63) is 26.6 Å². The number of aromatic amines is 1. The molecule has 5 nitrogen and oxygen atoms in total. The van der Waals surface area contributed by atoms with Crippen LogP contribution in [0.5, 0.6) is 0 Å². The van der Waals surface area contributed by atoms with E-state index in [1.54, 1.807) is 25.3 Å². The number of thiophene rings is 1. The summed E-state index contributed by atoms with van der Waals surface area (Å²) in [5, 5.41) is 1.80. The maximum absolute atomic E-state index is 12.2. The van der Waals surface area contributed by atoms with E-state index < -0.39 is 12.0 Å². The fourth-order valence-electron chi connectivity index (χ4n) is 1.67. The van der Waals surface area contributed by atoms with Crippen LogP contribution < -0.4 is 5.56 Å².